The summed E-state index contributed by atoms with van der Waals surface area (Å²) in [5.41, 5.74) is 6.76. The van der Waals surface area contributed by atoms with Crippen LogP contribution >= 0.6 is 0 Å². The molecule has 16 heavy (non-hydrogen) atoms. The van der Waals surface area contributed by atoms with E-state index in [1.165, 1.54) is 5.56 Å². The minimum Gasteiger partial charge on any atom is -0.494 e. The Morgan fingerprint density at radius 3 is 2.56 bits per heavy atom. The second-order valence-corrected chi connectivity index (χ2v) is 3.92. The van der Waals surface area contributed by atoms with Crippen LogP contribution in [0.25, 0.3) is 0 Å². The van der Waals surface area contributed by atoms with Crippen molar-refractivity contribution in [1.29, 1.82) is 0 Å². The Bertz CT molecular complexity index is 284. The van der Waals surface area contributed by atoms with E-state index in [9.17, 15) is 0 Å². The van der Waals surface area contributed by atoms with Crippen molar-refractivity contribution < 1.29 is 4.74 Å². The normalized spacial score (nSPS) is 12.4. The number of nitrogens with two attached hydrogens (primary N) is 1. The number of hydrogen-bond donors (Lipinski definition) is 2. The van der Waals surface area contributed by atoms with Crippen LogP contribution in [-0.2, 0) is 6.42 Å². The monoisotopic (exact) mass is 222 g/mol. The minimum atomic E-state index is 0.460. The molecule has 0 aliphatic heterocycles. The van der Waals surface area contributed by atoms with Crippen molar-refractivity contribution in [3.63, 3.8) is 0 Å². The van der Waals surface area contributed by atoms with Crippen LogP contribution in [0.1, 0.15) is 19.4 Å². The Hall–Kier alpha value is -1.06. The standard InChI is InChI=1S/C13H22N2O/c1-3-16-13-6-4-12(5-7-13)10-11(2)15-9-8-14/h4-7,11,15H,3,8-10,14H2,1-2H3. The molecule has 3 nitrogen and oxygen atoms in total. The first-order valence-electron chi connectivity index (χ1n) is 5.91. The first kappa shape index (κ1) is 13.0. The van der Waals surface area contributed by atoms with Crippen LogP contribution in [0, 0.1) is 0 Å². The largest absolute Gasteiger partial charge is 0.494 e. The number of benzene rings is 1. The van der Waals surface area contributed by atoms with Crippen molar-refractivity contribution in [2.24, 2.45) is 5.73 Å². The Labute approximate surface area is 98.0 Å². The Morgan fingerprint density at radius 2 is 2.00 bits per heavy atom. The number of rotatable bonds is 7. The van der Waals surface area contributed by atoms with Gasteiger partial charge < -0.3 is 15.8 Å². The second kappa shape index (κ2) is 7.25. The van der Waals surface area contributed by atoms with Gasteiger partial charge in [0, 0.05) is 19.1 Å². The molecule has 0 aliphatic rings. The van der Waals surface area contributed by atoms with Gasteiger partial charge in [-0.1, -0.05) is 12.1 Å². The van der Waals surface area contributed by atoms with Gasteiger partial charge in [0.05, 0.1) is 6.61 Å². The molecule has 1 atom stereocenters. The number of hydrogen-bond acceptors (Lipinski definition) is 3. The fourth-order valence-corrected chi connectivity index (χ4v) is 1.64. The van der Waals surface area contributed by atoms with E-state index < -0.39 is 0 Å². The van der Waals surface area contributed by atoms with Gasteiger partial charge in [0.2, 0.25) is 0 Å². The molecule has 0 fully saturated rings. The maximum absolute atomic E-state index is 5.44. The van der Waals surface area contributed by atoms with Crippen LogP contribution in [0.4, 0.5) is 0 Å². The van der Waals surface area contributed by atoms with Crippen LogP contribution in [-0.4, -0.2) is 25.7 Å². The number of ether oxygens (including phenoxy) is 1. The van der Waals surface area contributed by atoms with Crippen molar-refractivity contribution >= 4 is 0 Å². The minimum absolute atomic E-state index is 0.460. The van der Waals surface area contributed by atoms with Gasteiger partial charge in [0.1, 0.15) is 5.75 Å². The number of nitrogens with one attached hydrogen (secondary N) is 1. The molecule has 3 heteroatoms. The summed E-state index contributed by atoms with van der Waals surface area (Å²) >= 11 is 0. The second-order valence-electron chi connectivity index (χ2n) is 3.92. The van der Waals surface area contributed by atoms with E-state index in [1.807, 2.05) is 19.1 Å². The van der Waals surface area contributed by atoms with Gasteiger partial charge in [0.25, 0.3) is 0 Å². The van der Waals surface area contributed by atoms with Crippen LogP contribution in [0.15, 0.2) is 24.3 Å². The molecule has 1 rings (SSSR count). The third kappa shape index (κ3) is 4.64. The predicted octanol–water partition coefficient (Wildman–Crippen LogP) is 1.56. The molecular weight excluding hydrogens is 200 g/mol. The van der Waals surface area contributed by atoms with E-state index in [-0.39, 0.29) is 0 Å². The van der Waals surface area contributed by atoms with Gasteiger partial charge in [-0.3, -0.25) is 0 Å². The zero-order valence-electron chi connectivity index (χ0n) is 10.2. The molecule has 0 saturated heterocycles. The van der Waals surface area contributed by atoms with Crippen molar-refractivity contribution in [2.75, 3.05) is 19.7 Å². The molecule has 1 unspecified atom stereocenters. The van der Waals surface area contributed by atoms with Crippen molar-refractivity contribution in [1.82, 2.24) is 5.32 Å². The summed E-state index contributed by atoms with van der Waals surface area (Å²) in [7, 11) is 0. The van der Waals surface area contributed by atoms with Gasteiger partial charge in [0.15, 0.2) is 0 Å². The summed E-state index contributed by atoms with van der Waals surface area (Å²) < 4.78 is 5.40. The predicted molar refractivity (Wildman–Crippen MR) is 67.8 cm³/mol. The molecule has 0 saturated carbocycles. The van der Waals surface area contributed by atoms with Crippen LogP contribution in [0.2, 0.25) is 0 Å². The van der Waals surface area contributed by atoms with E-state index >= 15 is 0 Å². The highest BCUT2D eigenvalue weighted by Crippen LogP contribution is 2.13. The lowest BCUT2D eigenvalue weighted by atomic mass is 10.1. The summed E-state index contributed by atoms with van der Waals surface area (Å²) in [6.45, 7) is 6.44. The quantitative estimate of drug-likeness (QED) is 0.736. The molecule has 0 aromatic heterocycles. The van der Waals surface area contributed by atoms with E-state index in [2.05, 4.69) is 24.4 Å². The van der Waals surface area contributed by atoms with Gasteiger partial charge in [-0.25, -0.2) is 0 Å². The smallest absolute Gasteiger partial charge is 0.119 e. The third-order valence-electron chi connectivity index (χ3n) is 2.41. The average molecular weight is 222 g/mol. The summed E-state index contributed by atoms with van der Waals surface area (Å²) in [5.74, 6) is 0.939. The SMILES string of the molecule is CCOc1ccc(CC(C)NCCN)cc1. The van der Waals surface area contributed by atoms with Crippen LogP contribution < -0.4 is 15.8 Å². The highest BCUT2D eigenvalue weighted by atomic mass is 16.5. The average Bonchev–Trinajstić information content (AvgIpc) is 2.29. The molecular formula is C13H22N2O. The van der Waals surface area contributed by atoms with Crippen molar-refractivity contribution in [2.45, 2.75) is 26.3 Å². The first-order valence-corrected chi connectivity index (χ1v) is 5.91. The highest BCUT2D eigenvalue weighted by Gasteiger charge is 2.02. The van der Waals surface area contributed by atoms with Crippen molar-refractivity contribution in [3.05, 3.63) is 29.8 Å². The Kier molecular flexibility index (Phi) is 5.90. The summed E-state index contributed by atoms with van der Waals surface area (Å²) in [4.78, 5) is 0. The Morgan fingerprint density at radius 1 is 1.31 bits per heavy atom. The van der Waals surface area contributed by atoms with E-state index in [0.717, 1.165) is 18.7 Å². The van der Waals surface area contributed by atoms with Crippen LogP contribution in [0.5, 0.6) is 5.75 Å². The van der Waals surface area contributed by atoms with Gasteiger partial charge in [-0.05, 0) is 38.0 Å². The molecule has 0 amide bonds. The molecule has 0 spiro atoms. The van der Waals surface area contributed by atoms with E-state index in [1.54, 1.807) is 0 Å². The van der Waals surface area contributed by atoms with Crippen LogP contribution in [0.3, 0.4) is 0 Å². The first-order chi connectivity index (χ1) is 7.76. The Balaban J connectivity index is 2.41. The third-order valence-corrected chi connectivity index (χ3v) is 2.41. The topological polar surface area (TPSA) is 47.3 Å². The van der Waals surface area contributed by atoms with Gasteiger partial charge in [-0.15, -0.1) is 0 Å². The summed E-state index contributed by atoms with van der Waals surface area (Å²) in [5, 5.41) is 3.36. The fraction of sp³-hybridized carbons (Fsp3) is 0.538. The van der Waals surface area contributed by atoms with E-state index in [4.69, 9.17) is 10.5 Å². The molecule has 0 bridgehead atoms. The zero-order chi connectivity index (χ0) is 11.8. The molecule has 0 aliphatic carbocycles. The molecule has 1 aromatic rings. The van der Waals surface area contributed by atoms with Gasteiger partial charge in [-0.2, -0.15) is 0 Å². The molecule has 0 heterocycles. The van der Waals surface area contributed by atoms with E-state index in [0.29, 0.717) is 19.2 Å². The fourth-order valence-electron chi connectivity index (χ4n) is 1.64. The lowest BCUT2D eigenvalue weighted by Crippen LogP contribution is -2.32. The van der Waals surface area contributed by atoms with Gasteiger partial charge >= 0.3 is 0 Å². The maximum Gasteiger partial charge on any atom is 0.119 e. The lowest BCUT2D eigenvalue weighted by Gasteiger charge is -2.13. The molecule has 0 radical (unpaired) electrons. The summed E-state index contributed by atoms with van der Waals surface area (Å²) in [6, 6.07) is 8.74. The maximum atomic E-state index is 5.44. The van der Waals surface area contributed by atoms with Crippen molar-refractivity contribution in [3.8, 4) is 5.75 Å². The molecule has 1 aromatic carbocycles. The highest BCUT2D eigenvalue weighted by molar-refractivity contribution is 5.27. The summed E-state index contributed by atoms with van der Waals surface area (Å²) in [6.07, 6.45) is 1.02. The lowest BCUT2D eigenvalue weighted by molar-refractivity contribution is 0.340. The molecule has 3 N–H and O–H groups in total. The molecule has 90 valence electrons. The zero-order valence-corrected chi connectivity index (χ0v) is 10.2.